The Balaban J connectivity index is 2.89. The number of rotatable bonds is 0. The van der Waals surface area contributed by atoms with Crippen LogP contribution in [0.25, 0.3) is 10.8 Å². The van der Waals surface area contributed by atoms with Crippen molar-refractivity contribution in [1.29, 1.82) is 0 Å². The Morgan fingerprint density at radius 3 is 2.75 bits per heavy atom. The highest BCUT2D eigenvalue weighted by Gasteiger charge is 1.98. The molecule has 0 aliphatic heterocycles. The van der Waals surface area contributed by atoms with Gasteiger partial charge >= 0.3 is 0 Å². The molecule has 0 radical (unpaired) electrons. The number of aryl methyl sites for hydroxylation is 1. The van der Waals surface area contributed by atoms with Crippen molar-refractivity contribution in [3.8, 4) is 0 Å². The number of aromatic nitrogens is 2. The first kappa shape index (κ1) is 7.91. The minimum Gasteiger partial charge on any atom is -0.158 e. The molecule has 3 heteroatoms. The molecule has 0 fully saturated rings. The summed E-state index contributed by atoms with van der Waals surface area (Å²) in [6.45, 7) is 2.09. The standard InChI is InChI=1S/C9H7IN2/c1-6-2-8(10)3-7-4-11-12-5-9(6)7/h2-5H,1H3. The molecule has 12 heavy (non-hydrogen) atoms. The minimum absolute atomic E-state index is 1.16. The summed E-state index contributed by atoms with van der Waals surface area (Å²) >= 11 is 2.31. The maximum Gasteiger partial charge on any atom is 0.0577 e. The molecule has 0 saturated heterocycles. The summed E-state index contributed by atoms with van der Waals surface area (Å²) in [7, 11) is 0. The van der Waals surface area contributed by atoms with E-state index in [1.54, 1.807) is 12.4 Å². The fourth-order valence-electron chi connectivity index (χ4n) is 1.25. The molecule has 1 aromatic carbocycles. The van der Waals surface area contributed by atoms with E-state index in [1.165, 1.54) is 14.5 Å². The topological polar surface area (TPSA) is 25.8 Å². The quantitative estimate of drug-likeness (QED) is 0.687. The zero-order valence-electron chi connectivity index (χ0n) is 6.58. The Bertz CT molecular complexity index is 426. The van der Waals surface area contributed by atoms with Crippen LogP contribution in [0, 0.1) is 10.5 Å². The average Bonchev–Trinajstić information content (AvgIpc) is 2.04. The molecule has 1 aromatic heterocycles. The van der Waals surface area contributed by atoms with Gasteiger partial charge in [-0.15, -0.1) is 0 Å². The van der Waals surface area contributed by atoms with Crippen LogP contribution in [0.1, 0.15) is 5.56 Å². The second-order valence-electron chi connectivity index (χ2n) is 2.71. The number of hydrogen-bond donors (Lipinski definition) is 0. The Kier molecular flexibility index (Phi) is 1.96. The van der Waals surface area contributed by atoms with Crippen LogP contribution < -0.4 is 0 Å². The van der Waals surface area contributed by atoms with Gasteiger partial charge in [0.2, 0.25) is 0 Å². The first-order valence-electron chi connectivity index (χ1n) is 3.64. The predicted octanol–water partition coefficient (Wildman–Crippen LogP) is 2.54. The molecule has 0 aliphatic rings. The van der Waals surface area contributed by atoms with Gasteiger partial charge in [-0.25, -0.2) is 0 Å². The zero-order valence-corrected chi connectivity index (χ0v) is 8.74. The molecule has 0 aliphatic carbocycles. The number of halogens is 1. The normalized spacial score (nSPS) is 10.5. The summed E-state index contributed by atoms with van der Waals surface area (Å²) in [5.74, 6) is 0. The van der Waals surface area contributed by atoms with E-state index >= 15 is 0 Å². The summed E-state index contributed by atoms with van der Waals surface area (Å²) in [6, 6.07) is 4.25. The molecule has 2 rings (SSSR count). The number of hydrogen-bond acceptors (Lipinski definition) is 2. The van der Waals surface area contributed by atoms with Crippen molar-refractivity contribution in [1.82, 2.24) is 10.2 Å². The summed E-state index contributed by atoms with van der Waals surface area (Å²) in [6.07, 6.45) is 3.60. The number of fused-ring (bicyclic) bond motifs is 1. The first-order chi connectivity index (χ1) is 5.77. The second kappa shape index (κ2) is 2.97. The second-order valence-corrected chi connectivity index (χ2v) is 3.96. The number of benzene rings is 1. The molecule has 0 unspecified atom stereocenters. The van der Waals surface area contributed by atoms with Crippen LogP contribution in [0.3, 0.4) is 0 Å². The van der Waals surface area contributed by atoms with Crippen LogP contribution in [0.2, 0.25) is 0 Å². The molecule has 2 nitrogen and oxygen atoms in total. The van der Waals surface area contributed by atoms with Crippen molar-refractivity contribution < 1.29 is 0 Å². The fraction of sp³-hybridized carbons (Fsp3) is 0.111. The van der Waals surface area contributed by atoms with E-state index in [-0.39, 0.29) is 0 Å². The Morgan fingerprint density at radius 1 is 1.17 bits per heavy atom. The monoisotopic (exact) mass is 270 g/mol. The lowest BCUT2D eigenvalue weighted by molar-refractivity contribution is 1.05. The van der Waals surface area contributed by atoms with Crippen molar-refractivity contribution in [3.05, 3.63) is 33.7 Å². The maximum atomic E-state index is 3.85. The molecule has 0 atom stereocenters. The smallest absolute Gasteiger partial charge is 0.0577 e. The van der Waals surface area contributed by atoms with Gasteiger partial charge in [-0.05, 0) is 47.2 Å². The largest absolute Gasteiger partial charge is 0.158 e. The predicted molar refractivity (Wildman–Crippen MR) is 57.0 cm³/mol. The van der Waals surface area contributed by atoms with Gasteiger partial charge in [0.25, 0.3) is 0 Å². The highest BCUT2D eigenvalue weighted by molar-refractivity contribution is 14.1. The van der Waals surface area contributed by atoms with Crippen molar-refractivity contribution in [2.75, 3.05) is 0 Å². The van der Waals surface area contributed by atoms with Gasteiger partial charge in [0, 0.05) is 14.3 Å². The summed E-state index contributed by atoms with van der Waals surface area (Å²) in [5, 5.41) is 10.0. The summed E-state index contributed by atoms with van der Waals surface area (Å²) in [4.78, 5) is 0. The lowest BCUT2D eigenvalue weighted by Crippen LogP contribution is -1.84. The third-order valence-corrected chi connectivity index (χ3v) is 2.46. The zero-order chi connectivity index (χ0) is 8.55. The molecular formula is C9H7IN2. The SMILES string of the molecule is Cc1cc(I)cc2cnncc12. The average molecular weight is 270 g/mol. The Hall–Kier alpha value is -0.710. The van der Waals surface area contributed by atoms with Gasteiger partial charge in [0.15, 0.2) is 0 Å². The lowest BCUT2D eigenvalue weighted by atomic mass is 10.1. The fourth-order valence-corrected chi connectivity index (χ4v) is 2.05. The van der Waals surface area contributed by atoms with E-state index < -0.39 is 0 Å². The number of nitrogens with zero attached hydrogens (tertiary/aromatic N) is 2. The highest BCUT2D eigenvalue weighted by Crippen LogP contribution is 2.19. The van der Waals surface area contributed by atoms with E-state index in [1.807, 2.05) is 0 Å². The van der Waals surface area contributed by atoms with Crippen LogP contribution >= 0.6 is 22.6 Å². The van der Waals surface area contributed by atoms with E-state index in [0.717, 1.165) is 5.39 Å². The Labute approximate surface area is 84.1 Å². The van der Waals surface area contributed by atoms with Gasteiger partial charge < -0.3 is 0 Å². The van der Waals surface area contributed by atoms with E-state index in [4.69, 9.17) is 0 Å². The maximum absolute atomic E-state index is 3.85. The lowest BCUT2D eigenvalue weighted by Gasteiger charge is -2.00. The van der Waals surface area contributed by atoms with Crippen molar-refractivity contribution >= 4 is 33.4 Å². The van der Waals surface area contributed by atoms with E-state index in [0.29, 0.717) is 0 Å². The van der Waals surface area contributed by atoms with Crippen molar-refractivity contribution in [2.45, 2.75) is 6.92 Å². The van der Waals surface area contributed by atoms with Crippen LogP contribution in [0.15, 0.2) is 24.5 Å². The van der Waals surface area contributed by atoms with Crippen LogP contribution in [0.4, 0.5) is 0 Å². The van der Waals surface area contributed by atoms with Gasteiger partial charge in [0.1, 0.15) is 0 Å². The van der Waals surface area contributed by atoms with Gasteiger partial charge in [-0.2, -0.15) is 10.2 Å². The summed E-state index contributed by atoms with van der Waals surface area (Å²) < 4.78 is 1.24. The van der Waals surface area contributed by atoms with E-state index in [2.05, 4.69) is 51.8 Å². The molecule has 0 saturated carbocycles. The molecule has 0 N–H and O–H groups in total. The summed E-state index contributed by atoms with van der Waals surface area (Å²) in [5.41, 5.74) is 1.26. The Morgan fingerprint density at radius 2 is 1.92 bits per heavy atom. The molecule has 0 amide bonds. The van der Waals surface area contributed by atoms with Gasteiger partial charge in [-0.3, -0.25) is 0 Å². The molecule has 2 aromatic rings. The van der Waals surface area contributed by atoms with E-state index in [9.17, 15) is 0 Å². The van der Waals surface area contributed by atoms with Crippen LogP contribution in [-0.4, -0.2) is 10.2 Å². The minimum atomic E-state index is 1.16. The third kappa shape index (κ3) is 1.29. The molecule has 1 heterocycles. The molecule has 0 bridgehead atoms. The molecular weight excluding hydrogens is 263 g/mol. The third-order valence-electron chi connectivity index (χ3n) is 1.83. The highest BCUT2D eigenvalue weighted by atomic mass is 127. The van der Waals surface area contributed by atoms with Gasteiger partial charge in [-0.1, -0.05) is 0 Å². The van der Waals surface area contributed by atoms with Crippen molar-refractivity contribution in [3.63, 3.8) is 0 Å². The molecule has 60 valence electrons. The van der Waals surface area contributed by atoms with Crippen LogP contribution in [-0.2, 0) is 0 Å². The van der Waals surface area contributed by atoms with Crippen molar-refractivity contribution in [2.24, 2.45) is 0 Å². The molecule has 0 spiro atoms. The van der Waals surface area contributed by atoms with Gasteiger partial charge in [0.05, 0.1) is 12.4 Å². The van der Waals surface area contributed by atoms with Crippen LogP contribution in [0.5, 0.6) is 0 Å². The first-order valence-corrected chi connectivity index (χ1v) is 4.72.